The Morgan fingerprint density at radius 3 is 2.40 bits per heavy atom. The van der Waals surface area contributed by atoms with Gasteiger partial charge in [0.2, 0.25) is 0 Å². The van der Waals surface area contributed by atoms with Gasteiger partial charge in [0.05, 0.1) is 12.2 Å². The molecule has 170 valence electrons. The molecule has 30 heavy (non-hydrogen) atoms. The third kappa shape index (κ3) is 9.49. The van der Waals surface area contributed by atoms with Crippen LogP contribution in [0.5, 0.6) is 0 Å². The van der Waals surface area contributed by atoms with Crippen molar-refractivity contribution in [3.8, 4) is 0 Å². The maximum atomic E-state index is 5.82. The topological polar surface area (TPSA) is 58.1 Å². The van der Waals surface area contributed by atoms with Crippen molar-refractivity contribution in [3.63, 3.8) is 0 Å². The number of guanidine groups is 1. The number of benzene rings is 1. The van der Waals surface area contributed by atoms with E-state index in [-0.39, 0.29) is 24.0 Å². The third-order valence-electron chi connectivity index (χ3n) is 5.42. The molecule has 2 fully saturated rings. The van der Waals surface area contributed by atoms with Gasteiger partial charge in [-0.3, -0.25) is 9.89 Å². The van der Waals surface area contributed by atoms with Crippen molar-refractivity contribution >= 4 is 29.9 Å². The second kappa shape index (κ2) is 13.5. The Hall–Kier alpha value is -0.900. The van der Waals surface area contributed by atoms with Crippen LogP contribution in [0.15, 0.2) is 29.3 Å². The first kappa shape index (κ1) is 25.4. The van der Waals surface area contributed by atoms with E-state index in [1.54, 1.807) is 0 Å². The Morgan fingerprint density at radius 2 is 1.77 bits per heavy atom. The van der Waals surface area contributed by atoms with Gasteiger partial charge in [-0.25, -0.2) is 0 Å². The van der Waals surface area contributed by atoms with Crippen LogP contribution in [0.25, 0.3) is 0 Å². The fourth-order valence-corrected chi connectivity index (χ4v) is 3.76. The lowest BCUT2D eigenvalue weighted by molar-refractivity contribution is -0.0704. The third-order valence-corrected chi connectivity index (χ3v) is 5.42. The number of hydrogen-bond donors (Lipinski definition) is 2. The second-order valence-corrected chi connectivity index (χ2v) is 8.49. The molecule has 0 spiro atoms. The van der Waals surface area contributed by atoms with Gasteiger partial charge in [0.25, 0.3) is 0 Å². The number of rotatable bonds is 10. The average Bonchev–Trinajstić information content (AvgIpc) is 3.51. The maximum Gasteiger partial charge on any atom is 0.191 e. The number of hydrogen-bond acceptors (Lipinski definition) is 4. The highest BCUT2D eigenvalue weighted by atomic mass is 127. The highest BCUT2D eigenvalue weighted by Crippen LogP contribution is 2.28. The number of ether oxygens (including phenoxy) is 2. The Morgan fingerprint density at radius 1 is 1.10 bits per heavy atom. The molecule has 6 nitrogen and oxygen atoms in total. The van der Waals surface area contributed by atoms with Gasteiger partial charge in [-0.2, -0.15) is 0 Å². The highest BCUT2D eigenvalue weighted by Gasteiger charge is 2.22. The Labute approximate surface area is 199 Å². The van der Waals surface area contributed by atoms with Gasteiger partial charge in [0.1, 0.15) is 0 Å². The van der Waals surface area contributed by atoms with Crippen LogP contribution in [0.3, 0.4) is 0 Å². The molecule has 0 radical (unpaired) electrons. The van der Waals surface area contributed by atoms with Crippen LogP contribution >= 0.6 is 24.0 Å². The van der Waals surface area contributed by atoms with E-state index in [1.165, 1.54) is 24.0 Å². The van der Waals surface area contributed by atoms with Crippen LogP contribution < -0.4 is 10.6 Å². The fraction of sp³-hybridized carbons (Fsp3) is 0.696. The Kier molecular flexibility index (Phi) is 11.4. The van der Waals surface area contributed by atoms with Gasteiger partial charge in [-0.15, -0.1) is 24.0 Å². The van der Waals surface area contributed by atoms with Crippen LogP contribution in [0.2, 0.25) is 0 Å². The minimum atomic E-state index is 0. The van der Waals surface area contributed by atoms with Gasteiger partial charge < -0.3 is 20.1 Å². The van der Waals surface area contributed by atoms with Crippen LogP contribution in [0, 0.1) is 5.92 Å². The smallest absolute Gasteiger partial charge is 0.191 e. The standard InChI is InChI=1S/C23H38N4O2.HI/c1-18-14-27(15-19(2)29-18)16-21-7-5-20(6-8-21)13-26-23(24-3)25-11-4-12-28-17-22-9-10-22;/h5-8,18-19,22H,4,9-17H2,1-3H3,(H2,24,25,26);1H. The molecule has 1 heterocycles. The molecule has 0 bridgehead atoms. The molecule has 7 heteroatoms. The fourth-order valence-electron chi connectivity index (χ4n) is 3.76. The number of halogens is 1. The van der Waals surface area contributed by atoms with E-state index in [0.29, 0.717) is 12.2 Å². The lowest BCUT2D eigenvalue weighted by atomic mass is 10.1. The molecule has 3 rings (SSSR count). The molecule has 0 amide bonds. The predicted octanol–water partition coefficient (Wildman–Crippen LogP) is 3.40. The lowest BCUT2D eigenvalue weighted by Gasteiger charge is -2.35. The van der Waals surface area contributed by atoms with Crippen molar-refractivity contribution in [2.24, 2.45) is 10.9 Å². The first-order valence-corrected chi connectivity index (χ1v) is 11.1. The van der Waals surface area contributed by atoms with Crippen LogP contribution in [0.4, 0.5) is 0 Å². The van der Waals surface area contributed by atoms with Crippen molar-refractivity contribution in [1.29, 1.82) is 0 Å². The summed E-state index contributed by atoms with van der Waals surface area (Å²) in [6.07, 6.45) is 4.32. The van der Waals surface area contributed by atoms with E-state index in [2.05, 4.69) is 58.6 Å². The predicted molar refractivity (Wildman–Crippen MR) is 134 cm³/mol. The summed E-state index contributed by atoms with van der Waals surface area (Å²) in [6.45, 7) is 10.7. The van der Waals surface area contributed by atoms with Crippen molar-refractivity contribution in [3.05, 3.63) is 35.4 Å². The van der Waals surface area contributed by atoms with E-state index in [1.807, 2.05) is 7.05 Å². The zero-order valence-electron chi connectivity index (χ0n) is 18.7. The summed E-state index contributed by atoms with van der Waals surface area (Å²) in [5.41, 5.74) is 2.61. The van der Waals surface area contributed by atoms with Crippen molar-refractivity contribution < 1.29 is 9.47 Å². The van der Waals surface area contributed by atoms with Gasteiger partial charge >= 0.3 is 0 Å². The number of nitrogens with one attached hydrogen (secondary N) is 2. The first-order valence-electron chi connectivity index (χ1n) is 11.1. The SMILES string of the molecule is CN=C(NCCCOCC1CC1)NCc1ccc(CN2CC(C)OC(C)C2)cc1.I. The zero-order chi connectivity index (χ0) is 20.5. The van der Waals surface area contributed by atoms with Crippen molar-refractivity contribution in [2.75, 3.05) is 39.9 Å². The molecule has 1 aliphatic carbocycles. The number of nitrogens with zero attached hydrogens (tertiary/aromatic N) is 2. The van der Waals surface area contributed by atoms with Gasteiger partial charge in [-0.05, 0) is 50.2 Å². The molecule has 1 saturated carbocycles. The minimum Gasteiger partial charge on any atom is -0.381 e. The molecule has 2 aliphatic rings. The second-order valence-electron chi connectivity index (χ2n) is 8.49. The van der Waals surface area contributed by atoms with E-state index in [4.69, 9.17) is 9.47 Å². The molecule has 1 saturated heterocycles. The maximum absolute atomic E-state index is 5.82. The van der Waals surface area contributed by atoms with E-state index < -0.39 is 0 Å². The van der Waals surface area contributed by atoms with E-state index in [0.717, 1.165) is 64.2 Å². The molecule has 2 unspecified atom stereocenters. The highest BCUT2D eigenvalue weighted by molar-refractivity contribution is 14.0. The van der Waals surface area contributed by atoms with E-state index >= 15 is 0 Å². The molecule has 1 aromatic carbocycles. The molecule has 1 aliphatic heterocycles. The summed E-state index contributed by atoms with van der Waals surface area (Å²) < 4.78 is 11.5. The molecule has 0 aromatic heterocycles. The quantitative estimate of drug-likeness (QED) is 0.210. The van der Waals surface area contributed by atoms with Crippen LogP contribution in [-0.4, -0.2) is 63.0 Å². The largest absolute Gasteiger partial charge is 0.381 e. The van der Waals surface area contributed by atoms with Crippen LogP contribution in [-0.2, 0) is 22.6 Å². The van der Waals surface area contributed by atoms with Crippen LogP contribution in [0.1, 0.15) is 44.2 Å². The Balaban J connectivity index is 0.00000320. The molecular formula is C23H39IN4O2. The molecule has 1 aromatic rings. The summed E-state index contributed by atoms with van der Waals surface area (Å²) in [6, 6.07) is 8.87. The summed E-state index contributed by atoms with van der Waals surface area (Å²) in [5.74, 6) is 1.68. The zero-order valence-corrected chi connectivity index (χ0v) is 21.1. The summed E-state index contributed by atoms with van der Waals surface area (Å²) in [7, 11) is 1.81. The van der Waals surface area contributed by atoms with Crippen molar-refractivity contribution in [2.45, 2.75) is 58.4 Å². The van der Waals surface area contributed by atoms with Gasteiger partial charge in [-0.1, -0.05) is 24.3 Å². The lowest BCUT2D eigenvalue weighted by Crippen LogP contribution is -2.44. The van der Waals surface area contributed by atoms with Gasteiger partial charge in [0.15, 0.2) is 5.96 Å². The normalized spacial score (nSPS) is 22.4. The Bertz CT molecular complexity index is 627. The number of morpholine rings is 1. The summed E-state index contributed by atoms with van der Waals surface area (Å²) >= 11 is 0. The average molecular weight is 530 g/mol. The monoisotopic (exact) mass is 530 g/mol. The molecular weight excluding hydrogens is 491 g/mol. The molecule has 2 N–H and O–H groups in total. The summed E-state index contributed by atoms with van der Waals surface area (Å²) in [4.78, 5) is 6.78. The van der Waals surface area contributed by atoms with E-state index in [9.17, 15) is 0 Å². The first-order chi connectivity index (χ1) is 14.1. The van der Waals surface area contributed by atoms with Gasteiger partial charge in [0, 0.05) is 53.0 Å². The molecule has 2 atom stereocenters. The number of aliphatic imine (C=N–C) groups is 1. The summed E-state index contributed by atoms with van der Waals surface area (Å²) in [5, 5.41) is 6.75. The van der Waals surface area contributed by atoms with Crippen molar-refractivity contribution in [1.82, 2.24) is 15.5 Å². The minimum absolute atomic E-state index is 0.